The standard InChI is InChI=1S/C30H16F6O2/c31-29(32,33)25(37)27(21-13-5-1-9-17(21)18-10-2-6-14-22(18)27)28(26(38)30(34,35)36)23-15-7-3-11-19(23)20-12-4-8-16-24(20)28/h1-16H. The topological polar surface area (TPSA) is 34.1 Å². The summed E-state index contributed by atoms with van der Waals surface area (Å²) < 4.78 is 88.4. The van der Waals surface area contributed by atoms with Crippen molar-refractivity contribution in [3.8, 4) is 22.3 Å². The molecule has 0 N–H and O–H groups in total. The van der Waals surface area contributed by atoms with Crippen LogP contribution in [0.3, 0.4) is 0 Å². The molecule has 2 nitrogen and oxygen atoms in total. The molecule has 0 fully saturated rings. The number of ketones is 2. The Bertz CT molecular complexity index is 1430. The molecule has 0 saturated carbocycles. The molecule has 0 spiro atoms. The molecule has 0 heterocycles. The molecule has 0 radical (unpaired) electrons. The monoisotopic (exact) mass is 522 g/mol. The summed E-state index contributed by atoms with van der Waals surface area (Å²) in [4.78, 5) is 27.8. The second-order valence-corrected chi connectivity index (χ2v) is 9.34. The first kappa shape index (κ1) is 24.2. The second kappa shape index (κ2) is 7.66. The lowest BCUT2D eigenvalue weighted by Crippen LogP contribution is -2.64. The fraction of sp³-hybridized carbons (Fsp3) is 0.133. The van der Waals surface area contributed by atoms with Gasteiger partial charge in [-0.15, -0.1) is 0 Å². The van der Waals surface area contributed by atoms with Crippen LogP contribution in [0, 0.1) is 0 Å². The first-order chi connectivity index (χ1) is 18.0. The fourth-order valence-corrected chi connectivity index (χ4v) is 6.53. The third kappa shape index (κ3) is 2.75. The van der Waals surface area contributed by atoms with E-state index in [1.165, 1.54) is 97.1 Å². The summed E-state index contributed by atoms with van der Waals surface area (Å²) in [6, 6.07) is 22.2. The third-order valence-corrected chi connectivity index (χ3v) is 7.66. The van der Waals surface area contributed by atoms with Gasteiger partial charge in [0.15, 0.2) is 0 Å². The average molecular weight is 522 g/mol. The second-order valence-electron chi connectivity index (χ2n) is 9.34. The number of fused-ring (bicyclic) bond motifs is 6. The molecule has 0 aliphatic heterocycles. The minimum atomic E-state index is -5.59. The van der Waals surface area contributed by atoms with Crippen molar-refractivity contribution in [2.45, 2.75) is 23.2 Å². The summed E-state index contributed by atoms with van der Waals surface area (Å²) in [5.74, 6) is -4.88. The number of rotatable bonds is 3. The van der Waals surface area contributed by atoms with E-state index in [-0.39, 0.29) is 44.5 Å². The lowest BCUT2D eigenvalue weighted by molar-refractivity contribution is -0.187. The summed E-state index contributed by atoms with van der Waals surface area (Å²) in [5.41, 5.74) is -6.72. The van der Waals surface area contributed by atoms with E-state index in [1.807, 2.05) is 0 Å². The van der Waals surface area contributed by atoms with Gasteiger partial charge in [-0.25, -0.2) is 0 Å². The lowest BCUT2D eigenvalue weighted by atomic mass is 9.50. The predicted molar refractivity (Wildman–Crippen MR) is 127 cm³/mol. The van der Waals surface area contributed by atoms with Gasteiger partial charge in [0.25, 0.3) is 11.6 Å². The van der Waals surface area contributed by atoms with Gasteiger partial charge in [0.05, 0.1) is 0 Å². The highest BCUT2D eigenvalue weighted by atomic mass is 19.4. The molecular formula is C30H16F6O2. The molecule has 0 bridgehead atoms. The molecule has 0 saturated heterocycles. The number of Topliss-reactive ketones (excluding diaryl/α,β-unsaturated/α-hetero) is 2. The molecular weight excluding hydrogens is 506 g/mol. The lowest BCUT2D eigenvalue weighted by Gasteiger charge is -2.47. The van der Waals surface area contributed by atoms with Crippen molar-refractivity contribution >= 4 is 11.6 Å². The maximum atomic E-state index is 14.7. The van der Waals surface area contributed by atoms with Gasteiger partial charge in [-0.1, -0.05) is 97.1 Å². The number of hydrogen-bond acceptors (Lipinski definition) is 2. The zero-order chi connectivity index (χ0) is 27.1. The van der Waals surface area contributed by atoms with Crippen LogP contribution in [-0.2, 0) is 20.4 Å². The summed E-state index contributed by atoms with van der Waals surface area (Å²) in [7, 11) is 0. The number of alkyl halides is 6. The fourth-order valence-electron chi connectivity index (χ4n) is 6.53. The number of carbonyl (C=O) groups excluding carboxylic acids is 2. The molecule has 2 aliphatic carbocycles. The highest BCUT2D eigenvalue weighted by Crippen LogP contribution is 2.67. The van der Waals surface area contributed by atoms with Crippen molar-refractivity contribution in [1.82, 2.24) is 0 Å². The summed E-state index contributed by atoms with van der Waals surface area (Å²) in [6.07, 6.45) is -11.2. The minimum Gasteiger partial charge on any atom is -0.288 e. The maximum absolute atomic E-state index is 14.7. The van der Waals surface area contributed by atoms with E-state index in [4.69, 9.17) is 0 Å². The summed E-state index contributed by atoms with van der Waals surface area (Å²) in [5, 5.41) is 0. The first-order valence-electron chi connectivity index (χ1n) is 11.6. The summed E-state index contributed by atoms with van der Waals surface area (Å²) in [6.45, 7) is 0. The van der Waals surface area contributed by atoms with Crippen LogP contribution in [-0.4, -0.2) is 23.9 Å². The molecule has 0 unspecified atom stereocenters. The van der Waals surface area contributed by atoms with Gasteiger partial charge in [0, 0.05) is 0 Å². The van der Waals surface area contributed by atoms with Crippen molar-refractivity contribution in [3.63, 3.8) is 0 Å². The SMILES string of the molecule is O=C(C(F)(F)F)C1(C2(C(=O)C(F)(F)F)c3ccccc3-c3ccccc32)c2ccccc2-c2ccccc21. The Morgan fingerprint density at radius 2 is 0.632 bits per heavy atom. The van der Waals surface area contributed by atoms with E-state index in [0.29, 0.717) is 0 Å². The van der Waals surface area contributed by atoms with E-state index < -0.39 is 34.7 Å². The van der Waals surface area contributed by atoms with Crippen LogP contribution in [0.1, 0.15) is 22.3 Å². The van der Waals surface area contributed by atoms with E-state index >= 15 is 0 Å². The average Bonchev–Trinajstić information content (AvgIpc) is 3.36. The molecule has 0 aromatic heterocycles. The van der Waals surface area contributed by atoms with E-state index in [1.54, 1.807) is 0 Å². The highest BCUT2D eigenvalue weighted by Gasteiger charge is 2.76. The van der Waals surface area contributed by atoms with Crippen molar-refractivity contribution in [2.75, 3.05) is 0 Å². The van der Waals surface area contributed by atoms with Crippen LogP contribution in [0.4, 0.5) is 26.3 Å². The van der Waals surface area contributed by atoms with Gasteiger partial charge < -0.3 is 0 Å². The van der Waals surface area contributed by atoms with E-state index in [2.05, 4.69) is 0 Å². The number of carbonyl (C=O) groups is 2. The molecule has 4 aromatic rings. The number of benzene rings is 4. The predicted octanol–water partition coefficient (Wildman–Crippen LogP) is 7.18. The van der Waals surface area contributed by atoms with Crippen LogP contribution in [0.5, 0.6) is 0 Å². The molecule has 0 atom stereocenters. The Labute approximate surface area is 212 Å². The Hall–Kier alpha value is -4.20. The molecule has 0 amide bonds. The van der Waals surface area contributed by atoms with Crippen molar-refractivity contribution in [3.05, 3.63) is 119 Å². The van der Waals surface area contributed by atoms with Crippen molar-refractivity contribution in [1.29, 1.82) is 0 Å². The smallest absolute Gasteiger partial charge is 0.288 e. The van der Waals surface area contributed by atoms with Crippen LogP contribution in [0.25, 0.3) is 22.3 Å². The molecule has 38 heavy (non-hydrogen) atoms. The van der Waals surface area contributed by atoms with E-state index in [0.717, 1.165) is 0 Å². The zero-order valence-corrected chi connectivity index (χ0v) is 19.3. The molecule has 6 rings (SSSR count). The third-order valence-electron chi connectivity index (χ3n) is 7.66. The Balaban J connectivity index is 1.94. The largest absolute Gasteiger partial charge is 0.451 e. The van der Waals surface area contributed by atoms with Gasteiger partial charge in [-0.3, -0.25) is 9.59 Å². The van der Waals surface area contributed by atoms with Crippen LogP contribution >= 0.6 is 0 Å². The van der Waals surface area contributed by atoms with Gasteiger partial charge in [0.2, 0.25) is 0 Å². The molecule has 190 valence electrons. The maximum Gasteiger partial charge on any atom is 0.451 e. The molecule has 8 heteroatoms. The zero-order valence-electron chi connectivity index (χ0n) is 19.3. The van der Waals surface area contributed by atoms with Crippen LogP contribution in [0.2, 0.25) is 0 Å². The van der Waals surface area contributed by atoms with Crippen molar-refractivity contribution in [2.24, 2.45) is 0 Å². The Morgan fingerprint density at radius 3 is 0.842 bits per heavy atom. The summed E-state index contributed by atoms with van der Waals surface area (Å²) >= 11 is 0. The highest BCUT2D eigenvalue weighted by molar-refractivity contribution is 6.17. The quantitative estimate of drug-likeness (QED) is 0.267. The minimum absolute atomic E-state index is 0.164. The number of hydrogen-bond donors (Lipinski definition) is 0. The molecule has 4 aromatic carbocycles. The number of halogens is 6. The van der Waals surface area contributed by atoms with Gasteiger partial charge >= 0.3 is 12.4 Å². The Kier molecular flexibility index (Phi) is 4.87. The van der Waals surface area contributed by atoms with Gasteiger partial charge in [-0.05, 0) is 44.5 Å². The van der Waals surface area contributed by atoms with Crippen LogP contribution in [0.15, 0.2) is 97.1 Å². The first-order valence-corrected chi connectivity index (χ1v) is 11.6. The van der Waals surface area contributed by atoms with Gasteiger partial charge in [0.1, 0.15) is 10.8 Å². The van der Waals surface area contributed by atoms with Crippen molar-refractivity contribution < 1.29 is 35.9 Å². The van der Waals surface area contributed by atoms with E-state index in [9.17, 15) is 35.9 Å². The normalized spacial score (nSPS) is 16.3. The molecule has 2 aliphatic rings. The van der Waals surface area contributed by atoms with Crippen LogP contribution < -0.4 is 0 Å². The Morgan fingerprint density at radius 1 is 0.421 bits per heavy atom. The van der Waals surface area contributed by atoms with Gasteiger partial charge in [-0.2, -0.15) is 26.3 Å².